The lowest BCUT2D eigenvalue weighted by molar-refractivity contribution is 0.0981. The Bertz CT molecular complexity index is 571. The summed E-state index contributed by atoms with van der Waals surface area (Å²) in [6, 6.07) is 2.83. The van der Waals surface area contributed by atoms with Crippen molar-refractivity contribution in [3.63, 3.8) is 0 Å². The third-order valence-electron chi connectivity index (χ3n) is 4.45. The maximum atomic E-state index is 13.4. The van der Waals surface area contributed by atoms with Crippen LogP contribution in [0.3, 0.4) is 0 Å². The predicted molar refractivity (Wildman–Crippen MR) is 85.5 cm³/mol. The van der Waals surface area contributed by atoms with Gasteiger partial charge in [-0.3, -0.25) is 0 Å². The fourth-order valence-corrected chi connectivity index (χ4v) is 2.65. The fraction of sp³-hybridized carbons (Fsp3) is 0.588. The van der Waals surface area contributed by atoms with Gasteiger partial charge < -0.3 is 20.5 Å². The minimum atomic E-state index is -0.942. The molecule has 0 aliphatic carbocycles. The molecule has 0 bridgehead atoms. The summed E-state index contributed by atoms with van der Waals surface area (Å²) in [5.41, 5.74) is 0.483. The number of hydrogen-bond acceptors (Lipinski definition) is 3. The molecule has 1 fully saturated rings. The summed E-state index contributed by atoms with van der Waals surface area (Å²) in [7, 11) is 0. The minimum absolute atomic E-state index is 0.0926. The number of aliphatic hydroxyl groups excluding tert-OH is 1. The normalized spacial score (nSPS) is 22.9. The zero-order chi connectivity index (χ0) is 17.7. The largest absolute Gasteiger partial charge is 0.391 e. The SMILES string of the molecule is CCC(C)C(O)CNC(=O)NC1CCOC1c1ccc(F)c(F)c1. The number of urea groups is 1. The van der Waals surface area contributed by atoms with E-state index in [4.69, 9.17) is 4.74 Å². The maximum absolute atomic E-state index is 13.4. The molecule has 7 heteroatoms. The molecular weight excluding hydrogens is 318 g/mol. The van der Waals surface area contributed by atoms with Gasteiger partial charge in [-0.15, -0.1) is 0 Å². The van der Waals surface area contributed by atoms with E-state index in [1.54, 1.807) is 0 Å². The zero-order valence-electron chi connectivity index (χ0n) is 13.9. The van der Waals surface area contributed by atoms with Gasteiger partial charge >= 0.3 is 6.03 Å². The molecule has 0 saturated carbocycles. The van der Waals surface area contributed by atoms with Crippen molar-refractivity contribution in [3.05, 3.63) is 35.4 Å². The van der Waals surface area contributed by atoms with Crippen molar-refractivity contribution in [3.8, 4) is 0 Å². The summed E-state index contributed by atoms with van der Waals surface area (Å²) >= 11 is 0. The number of ether oxygens (including phenoxy) is 1. The van der Waals surface area contributed by atoms with Crippen LogP contribution in [0.1, 0.15) is 38.4 Å². The van der Waals surface area contributed by atoms with Crippen LogP contribution in [0.2, 0.25) is 0 Å². The molecule has 24 heavy (non-hydrogen) atoms. The van der Waals surface area contributed by atoms with Crippen molar-refractivity contribution in [2.24, 2.45) is 5.92 Å². The van der Waals surface area contributed by atoms with E-state index in [2.05, 4.69) is 10.6 Å². The molecule has 1 aliphatic rings. The van der Waals surface area contributed by atoms with E-state index in [9.17, 15) is 18.7 Å². The Morgan fingerprint density at radius 1 is 1.42 bits per heavy atom. The third kappa shape index (κ3) is 4.64. The van der Waals surface area contributed by atoms with Crippen LogP contribution in [0.5, 0.6) is 0 Å². The second kappa shape index (κ2) is 8.39. The molecule has 0 aromatic heterocycles. The monoisotopic (exact) mass is 342 g/mol. The maximum Gasteiger partial charge on any atom is 0.315 e. The molecule has 5 nitrogen and oxygen atoms in total. The van der Waals surface area contributed by atoms with Crippen LogP contribution < -0.4 is 10.6 Å². The molecule has 1 aromatic carbocycles. The van der Waals surface area contributed by atoms with Crippen LogP contribution in [0.15, 0.2) is 18.2 Å². The molecule has 2 rings (SSSR count). The van der Waals surface area contributed by atoms with Gasteiger partial charge in [0.15, 0.2) is 11.6 Å². The highest BCUT2D eigenvalue weighted by Crippen LogP contribution is 2.30. The molecule has 1 heterocycles. The Kier molecular flexibility index (Phi) is 6.51. The smallest absolute Gasteiger partial charge is 0.315 e. The first-order chi connectivity index (χ1) is 11.4. The highest BCUT2D eigenvalue weighted by atomic mass is 19.2. The zero-order valence-corrected chi connectivity index (χ0v) is 13.9. The molecule has 0 spiro atoms. The van der Waals surface area contributed by atoms with Gasteiger partial charge in [0.05, 0.1) is 12.1 Å². The number of aliphatic hydroxyl groups is 1. The Morgan fingerprint density at radius 2 is 2.17 bits per heavy atom. The predicted octanol–water partition coefficient (Wildman–Crippen LogP) is 2.50. The van der Waals surface area contributed by atoms with Gasteiger partial charge in [0.1, 0.15) is 6.10 Å². The summed E-state index contributed by atoms with van der Waals surface area (Å²) in [6.45, 7) is 4.46. The van der Waals surface area contributed by atoms with Crippen molar-refractivity contribution >= 4 is 6.03 Å². The Morgan fingerprint density at radius 3 is 2.83 bits per heavy atom. The van der Waals surface area contributed by atoms with Crippen LogP contribution in [0.25, 0.3) is 0 Å². The molecule has 0 radical (unpaired) electrons. The van der Waals surface area contributed by atoms with Crippen molar-refractivity contribution in [1.82, 2.24) is 10.6 Å². The molecule has 4 atom stereocenters. The van der Waals surface area contributed by atoms with E-state index in [-0.39, 0.29) is 18.5 Å². The van der Waals surface area contributed by atoms with E-state index in [0.717, 1.165) is 18.6 Å². The number of amides is 2. The van der Waals surface area contributed by atoms with E-state index in [1.165, 1.54) is 6.07 Å². The van der Waals surface area contributed by atoms with Crippen molar-refractivity contribution in [2.75, 3.05) is 13.2 Å². The van der Waals surface area contributed by atoms with E-state index in [0.29, 0.717) is 18.6 Å². The average molecular weight is 342 g/mol. The summed E-state index contributed by atoms with van der Waals surface area (Å²) in [5.74, 6) is -1.77. The van der Waals surface area contributed by atoms with Gasteiger partial charge in [-0.25, -0.2) is 13.6 Å². The first-order valence-corrected chi connectivity index (χ1v) is 8.21. The quantitative estimate of drug-likeness (QED) is 0.744. The molecule has 1 aromatic rings. The van der Waals surface area contributed by atoms with Crippen molar-refractivity contribution in [1.29, 1.82) is 0 Å². The average Bonchev–Trinajstić information content (AvgIpc) is 3.02. The summed E-state index contributed by atoms with van der Waals surface area (Å²) in [5, 5.41) is 15.3. The van der Waals surface area contributed by atoms with Gasteiger partial charge in [-0.05, 0) is 30.0 Å². The van der Waals surface area contributed by atoms with Crippen LogP contribution in [-0.2, 0) is 4.74 Å². The van der Waals surface area contributed by atoms with E-state index < -0.39 is 29.9 Å². The lowest BCUT2D eigenvalue weighted by Crippen LogP contribution is -2.46. The lowest BCUT2D eigenvalue weighted by Gasteiger charge is -2.22. The molecule has 1 aliphatic heterocycles. The van der Waals surface area contributed by atoms with Crippen molar-refractivity contribution in [2.45, 2.75) is 44.9 Å². The summed E-state index contributed by atoms with van der Waals surface area (Å²) in [4.78, 5) is 12.0. The van der Waals surface area contributed by atoms with Gasteiger partial charge in [-0.1, -0.05) is 26.3 Å². The first-order valence-electron chi connectivity index (χ1n) is 8.21. The summed E-state index contributed by atoms with van der Waals surface area (Å²) in [6.07, 6.45) is 0.261. The molecule has 3 N–H and O–H groups in total. The topological polar surface area (TPSA) is 70.6 Å². The highest BCUT2D eigenvalue weighted by Gasteiger charge is 2.31. The fourth-order valence-electron chi connectivity index (χ4n) is 2.65. The van der Waals surface area contributed by atoms with Crippen LogP contribution in [0, 0.1) is 17.6 Å². The Balaban J connectivity index is 1.91. The number of benzene rings is 1. The second-order valence-electron chi connectivity index (χ2n) is 6.17. The Hall–Kier alpha value is -1.73. The standard InChI is InChI=1S/C17H24F2N2O3/c1-3-10(2)15(22)9-20-17(23)21-14-6-7-24-16(14)11-4-5-12(18)13(19)8-11/h4-5,8,10,14-16,22H,3,6-7,9H2,1-2H3,(H2,20,21,23). The first kappa shape index (κ1) is 18.6. The second-order valence-corrected chi connectivity index (χ2v) is 6.17. The lowest BCUT2D eigenvalue weighted by atomic mass is 10.0. The van der Waals surface area contributed by atoms with Gasteiger partial charge in [-0.2, -0.15) is 0 Å². The molecule has 1 saturated heterocycles. The molecule has 134 valence electrons. The number of halogens is 2. The Labute approximate surface area is 140 Å². The number of carbonyl (C=O) groups is 1. The molecule has 2 amide bonds. The van der Waals surface area contributed by atoms with Gasteiger partial charge in [0.25, 0.3) is 0 Å². The van der Waals surface area contributed by atoms with Crippen molar-refractivity contribution < 1.29 is 23.4 Å². The number of hydrogen-bond donors (Lipinski definition) is 3. The number of carbonyl (C=O) groups excluding carboxylic acids is 1. The highest BCUT2D eigenvalue weighted by molar-refractivity contribution is 5.74. The number of rotatable bonds is 6. The van der Waals surface area contributed by atoms with Crippen LogP contribution >= 0.6 is 0 Å². The summed E-state index contributed by atoms with van der Waals surface area (Å²) < 4.78 is 32.0. The van der Waals surface area contributed by atoms with Crippen LogP contribution in [0.4, 0.5) is 13.6 Å². The van der Waals surface area contributed by atoms with E-state index >= 15 is 0 Å². The molecule has 4 unspecified atom stereocenters. The molecular formula is C17H24F2N2O3. The van der Waals surface area contributed by atoms with Gasteiger partial charge in [0, 0.05) is 13.2 Å². The van der Waals surface area contributed by atoms with Gasteiger partial charge in [0.2, 0.25) is 0 Å². The number of nitrogens with one attached hydrogen (secondary N) is 2. The van der Waals surface area contributed by atoms with Crippen LogP contribution in [-0.4, -0.2) is 36.4 Å². The third-order valence-corrected chi connectivity index (χ3v) is 4.45. The minimum Gasteiger partial charge on any atom is -0.391 e. The van der Waals surface area contributed by atoms with E-state index in [1.807, 2.05) is 13.8 Å².